The fourth-order valence-corrected chi connectivity index (χ4v) is 1.81. The van der Waals surface area contributed by atoms with Crippen LogP contribution in [0.25, 0.3) is 5.43 Å². The number of halogens is 2. The van der Waals surface area contributed by atoms with E-state index in [1.54, 1.807) is 13.3 Å². The summed E-state index contributed by atoms with van der Waals surface area (Å²) in [4.78, 5) is 4.20. The number of methoxy groups -OCH3 is 1. The van der Waals surface area contributed by atoms with Crippen LogP contribution in [0.3, 0.4) is 0 Å². The maximum atomic E-state index is 5.24. The van der Waals surface area contributed by atoms with Crippen LogP contribution in [0.5, 0.6) is 5.75 Å². The van der Waals surface area contributed by atoms with Gasteiger partial charge >= 0.3 is 33.3 Å². The third-order valence-electron chi connectivity index (χ3n) is 2.68. The topological polar surface area (TPSA) is 60.6 Å². The molecule has 0 saturated carbocycles. The van der Waals surface area contributed by atoms with Crippen LogP contribution in [-0.2, 0) is 25.4 Å². The van der Waals surface area contributed by atoms with Crippen molar-refractivity contribution in [3.63, 3.8) is 0 Å². The van der Waals surface area contributed by atoms with E-state index in [1.165, 1.54) is 0 Å². The van der Waals surface area contributed by atoms with Crippen LogP contribution in [0.4, 0.5) is 5.69 Å². The molecule has 0 amide bonds. The van der Waals surface area contributed by atoms with Crippen LogP contribution in [0.15, 0.2) is 53.8 Å². The molecule has 1 aromatic heterocycles. The Morgan fingerprint density at radius 3 is 2.54 bits per heavy atom. The molecule has 0 spiro atoms. The zero-order chi connectivity index (χ0) is 17.8. The van der Waals surface area contributed by atoms with Crippen LogP contribution >= 0.6 is 20.2 Å². The van der Waals surface area contributed by atoms with Gasteiger partial charge in [0.15, 0.2) is 12.2 Å². The van der Waals surface area contributed by atoms with Gasteiger partial charge in [0.2, 0.25) is 5.11 Å². The molecule has 24 heavy (non-hydrogen) atoms. The molecular formula is C15H16Cl2CuN4OS. The Bertz CT molecular complexity index is 674. The summed E-state index contributed by atoms with van der Waals surface area (Å²) in [5, 5.41) is 7.51. The fraction of sp³-hybridized carbons (Fsp3) is 0.133. The van der Waals surface area contributed by atoms with Crippen molar-refractivity contribution >= 4 is 48.9 Å². The number of rotatable bonds is 4. The van der Waals surface area contributed by atoms with E-state index in [-0.39, 0.29) is 0 Å². The van der Waals surface area contributed by atoms with Crippen molar-refractivity contribution in [1.82, 2.24) is 4.98 Å². The Balaban J connectivity index is 0.000000891. The van der Waals surface area contributed by atoms with Gasteiger partial charge in [0.1, 0.15) is 5.75 Å². The van der Waals surface area contributed by atoms with Gasteiger partial charge in [-0.15, -0.1) is 0 Å². The first-order chi connectivity index (χ1) is 11.6. The Morgan fingerprint density at radius 1 is 1.25 bits per heavy atom. The summed E-state index contributed by atoms with van der Waals surface area (Å²) in [6.45, 7) is 1.84. The summed E-state index contributed by atoms with van der Waals surface area (Å²) in [5.41, 5.74) is 6.30. The second-order valence-corrected chi connectivity index (χ2v) is 6.17. The van der Waals surface area contributed by atoms with Crippen molar-refractivity contribution in [2.75, 3.05) is 12.4 Å². The molecule has 1 aromatic carbocycles. The van der Waals surface area contributed by atoms with Gasteiger partial charge in [-0.1, -0.05) is 18.2 Å². The Kier molecular flexibility index (Phi) is 10.4. The van der Waals surface area contributed by atoms with E-state index in [2.05, 4.69) is 53.2 Å². The van der Waals surface area contributed by atoms with Crippen LogP contribution in [-0.4, -0.2) is 22.9 Å². The molecule has 0 unspecified atom stereocenters. The number of benzene rings is 1. The molecule has 0 aliphatic carbocycles. The summed E-state index contributed by atoms with van der Waals surface area (Å²) in [6.07, 6.45) is 1.72. The van der Waals surface area contributed by atoms with E-state index in [1.807, 2.05) is 49.4 Å². The van der Waals surface area contributed by atoms with Crippen molar-refractivity contribution in [2.24, 2.45) is 5.10 Å². The molecule has 0 aliphatic rings. The van der Waals surface area contributed by atoms with E-state index >= 15 is 0 Å². The summed E-state index contributed by atoms with van der Waals surface area (Å²) in [6, 6.07) is 13.1. The average molecular weight is 435 g/mol. The Hall–Kier alpha value is -1.37. The standard InChI is InChI=1S/C15H16N4OS.2ClH.Cu/c1-11(12-7-5-6-10-16-12)18-19-15(21)17-13-8-3-4-9-14(13)20-2;;;/h3-10H,1-2H3,(H2,16,17,19,21);2*1H;/q;;;+2/p-2. The van der Waals surface area contributed by atoms with E-state index < -0.39 is 0 Å². The van der Waals surface area contributed by atoms with E-state index in [0.29, 0.717) is 16.6 Å². The summed E-state index contributed by atoms with van der Waals surface area (Å²) >= 11 is 5.03. The van der Waals surface area contributed by atoms with Crippen LogP contribution < -0.4 is 10.1 Å². The monoisotopic (exact) mass is 433 g/mol. The molecule has 0 bridgehead atoms. The van der Waals surface area contributed by atoms with Gasteiger partial charge < -0.3 is 20.6 Å². The van der Waals surface area contributed by atoms with Crippen molar-refractivity contribution in [1.29, 1.82) is 0 Å². The van der Waals surface area contributed by atoms with Gasteiger partial charge in [-0.05, 0) is 31.2 Å². The van der Waals surface area contributed by atoms with Crippen molar-refractivity contribution in [2.45, 2.75) is 6.92 Å². The van der Waals surface area contributed by atoms with Crippen LogP contribution in [0.2, 0.25) is 0 Å². The normalized spacial score (nSPS) is 10.4. The van der Waals surface area contributed by atoms with Gasteiger partial charge in [-0.3, -0.25) is 4.98 Å². The number of thiol groups is 1. The Morgan fingerprint density at radius 2 is 1.92 bits per heavy atom. The molecule has 1 heterocycles. The molecular weight excluding hydrogens is 419 g/mol. The molecule has 2 rings (SSSR count). The molecule has 0 atom stereocenters. The minimum atomic E-state index is 0.370. The summed E-state index contributed by atoms with van der Waals surface area (Å²) < 4.78 is 5.24. The quantitative estimate of drug-likeness (QED) is 0.197. The first-order valence-electron chi connectivity index (χ1n) is 6.56. The first-order valence-corrected chi connectivity index (χ1v) is 9.60. The average Bonchev–Trinajstić information content (AvgIpc) is 2.61. The third-order valence-corrected chi connectivity index (χ3v) is 2.88. The molecule has 0 fully saturated rings. The number of ether oxygens (including phenoxy) is 1. The number of aromatic nitrogens is 1. The SMILES string of the molecule is COc1ccccc1NC(=[SH+])[N-]N=C(C)c1ccccn1.[Cl][Cu][Cl]. The van der Waals surface area contributed by atoms with Crippen molar-refractivity contribution < 1.29 is 17.9 Å². The third kappa shape index (κ3) is 7.47. The maximum absolute atomic E-state index is 5.24. The Labute approximate surface area is 161 Å². The number of pyridine rings is 1. The summed E-state index contributed by atoms with van der Waals surface area (Å²) in [7, 11) is 11.0. The van der Waals surface area contributed by atoms with Crippen LogP contribution in [0.1, 0.15) is 12.6 Å². The van der Waals surface area contributed by atoms with Gasteiger partial charge in [0.05, 0.1) is 18.5 Å². The number of hydrogen-bond acceptors (Lipinski definition) is 3. The van der Waals surface area contributed by atoms with Crippen LogP contribution in [0, 0.1) is 0 Å². The molecule has 0 saturated heterocycles. The predicted octanol–water partition coefficient (Wildman–Crippen LogP) is 4.04. The van der Waals surface area contributed by atoms with E-state index in [9.17, 15) is 0 Å². The number of para-hydroxylation sites is 2. The number of hydrogen-bond donors (Lipinski definition) is 1. The van der Waals surface area contributed by atoms with E-state index in [4.69, 9.17) is 4.74 Å². The number of anilines is 1. The molecule has 5 nitrogen and oxygen atoms in total. The minimum absolute atomic E-state index is 0.370. The molecule has 0 radical (unpaired) electrons. The molecule has 0 aliphatic heterocycles. The molecule has 133 valence electrons. The zero-order valence-corrected chi connectivity index (χ0v) is 16.2. The zero-order valence-electron chi connectivity index (χ0n) is 12.9. The summed E-state index contributed by atoms with van der Waals surface area (Å²) in [5.74, 6) is 0.713. The second-order valence-electron chi connectivity index (χ2n) is 4.19. The van der Waals surface area contributed by atoms with E-state index in [0.717, 1.165) is 24.5 Å². The van der Waals surface area contributed by atoms with Gasteiger partial charge in [0, 0.05) is 11.9 Å². The predicted molar refractivity (Wildman–Crippen MR) is 102 cm³/mol. The number of nitrogens with zero attached hydrogens (tertiary/aromatic N) is 3. The van der Waals surface area contributed by atoms with Gasteiger partial charge in [-0.2, -0.15) is 0 Å². The molecule has 2 aromatic rings. The second kappa shape index (κ2) is 12.1. The fourth-order valence-electron chi connectivity index (χ4n) is 1.64. The van der Waals surface area contributed by atoms with Crippen molar-refractivity contribution in [3.05, 3.63) is 59.8 Å². The molecule has 1 N–H and O–H groups in total. The number of nitrogens with one attached hydrogen (secondary N) is 1. The molecule has 9 heteroatoms. The van der Waals surface area contributed by atoms with Crippen molar-refractivity contribution in [3.8, 4) is 5.75 Å². The van der Waals surface area contributed by atoms with Gasteiger partial charge in [-0.25, -0.2) is 0 Å². The van der Waals surface area contributed by atoms with Gasteiger partial charge in [0.25, 0.3) is 0 Å². The first kappa shape index (κ1) is 20.7.